The number of aliphatic hydroxyl groups excluding tert-OH is 1. The van der Waals surface area contributed by atoms with E-state index in [1.165, 1.54) is 6.92 Å². The van der Waals surface area contributed by atoms with Crippen molar-refractivity contribution in [1.82, 2.24) is 0 Å². The smallest absolute Gasteiger partial charge is 0.161 e. The molecule has 0 atom stereocenters. The fourth-order valence-corrected chi connectivity index (χ4v) is 1.85. The van der Waals surface area contributed by atoms with Gasteiger partial charge in [0.1, 0.15) is 0 Å². The molecular formula is C13H18N2O2. The van der Waals surface area contributed by atoms with Gasteiger partial charge in [0.15, 0.2) is 5.78 Å². The van der Waals surface area contributed by atoms with Crippen molar-refractivity contribution in [3.05, 3.63) is 23.8 Å². The lowest BCUT2D eigenvalue weighted by molar-refractivity contribution is 0.101. The van der Waals surface area contributed by atoms with Crippen LogP contribution in [0.5, 0.6) is 0 Å². The van der Waals surface area contributed by atoms with Crippen LogP contribution in [0.3, 0.4) is 0 Å². The Balaban J connectivity index is 2.03. The molecule has 0 heterocycles. The van der Waals surface area contributed by atoms with Crippen LogP contribution in [-0.2, 0) is 0 Å². The van der Waals surface area contributed by atoms with E-state index in [9.17, 15) is 9.90 Å². The van der Waals surface area contributed by atoms with Gasteiger partial charge in [-0.3, -0.25) is 4.79 Å². The monoisotopic (exact) mass is 234 g/mol. The summed E-state index contributed by atoms with van der Waals surface area (Å²) < 4.78 is 0. The minimum Gasteiger partial charge on any atom is -0.398 e. The topological polar surface area (TPSA) is 75.3 Å². The number of aliphatic hydroxyl groups is 1. The maximum Gasteiger partial charge on any atom is 0.161 e. The maximum atomic E-state index is 11.2. The summed E-state index contributed by atoms with van der Waals surface area (Å²) in [6.07, 6.45) is 2.13. The first kappa shape index (κ1) is 11.9. The normalized spacial score (nSPS) is 16.6. The van der Waals surface area contributed by atoms with Gasteiger partial charge in [-0.1, -0.05) is 0 Å². The van der Waals surface area contributed by atoms with Crippen molar-refractivity contribution in [2.75, 3.05) is 24.2 Å². The molecule has 0 unspecified atom stereocenters. The minimum atomic E-state index is -0.0249. The molecule has 0 bridgehead atoms. The average Bonchev–Trinajstić information content (AvgIpc) is 3.07. The number of ketones is 1. The first-order valence-electron chi connectivity index (χ1n) is 5.81. The average molecular weight is 234 g/mol. The van der Waals surface area contributed by atoms with Crippen molar-refractivity contribution in [3.63, 3.8) is 0 Å². The van der Waals surface area contributed by atoms with Crippen molar-refractivity contribution in [3.8, 4) is 0 Å². The molecule has 1 saturated carbocycles. The molecule has 4 heteroatoms. The molecule has 0 radical (unpaired) electrons. The van der Waals surface area contributed by atoms with E-state index in [4.69, 9.17) is 5.73 Å². The van der Waals surface area contributed by atoms with E-state index in [0.29, 0.717) is 11.3 Å². The third-order valence-electron chi connectivity index (χ3n) is 3.39. The number of rotatable bonds is 5. The summed E-state index contributed by atoms with van der Waals surface area (Å²) in [5.74, 6) is -0.0249. The van der Waals surface area contributed by atoms with Crippen LogP contribution in [0.2, 0.25) is 0 Å². The molecule has 4 N–H and O–H groups in total. The molecule has 0 spiro atoms. The summed E-state index contributed by atoms with van der Waals surface area (Å²) in [4.78, 5) is 11.2. The largest absolute Gasteiger partial charge is 0.398 e. The Hall–Kier alpha value is -1.55. The highest BCUT2D eigenvalue weighted by Gasteiger charge is 2.41. The fourth-order valence-electron chi connectivity index (χ4n) is 1.85. The molecular weight excluding hydrogens is 216 g/mol. The summed E-state index contributed by atoms with van der Waals surface area (Å²) >= 11 is 0. The van der Waals surface area contributed by atoms with Gasteiger partial charge in [-0.2, -0.15) is 0 Å². The molecule has 1 aromatic rings. The summed E-state index contributed by atoms with van der Waals surface area (Å²) in [5, 5.41) is 12.5. The van der Waals surface area contributed by atoms with Crippen LogP contribution in [-0.4, -0.2) is 24.0 Å². The zero-order chi connectivity index (χ0) is 12.5. The Morgan fingerprint density at radius 2 is 2.24 bits per heavy atom. The molecule has 1 aromatic carbocycles. The molecule has 2 rings (SSSR count). The van der Waals surface area contributed by atoms with E-state index < -0.39 is 0 Å². The number of hydrogen-bond acceptors (Lipinski definition) is 4. The molecule has 1 aliphatic rings. The van der Waals surface area contributed by atoms with E-state index in [1.54, 1.807) is 12.1 Å². The zero-order valence-corrected chi connectivity index (χ0v) is 9.99. The second-order valence-electron chi connectivity index (χ2n) is 4.87. The van der Waals surface area contributed by atoms with E-state index in [1.807, 2.05) is 6.07 Å². The lowest BCUT2D eigenvalue weighted by Gasteiger charge is -2.14. The van der Waals surface area contributed by atoms with Crippen LogP contribution >= 0.6 is 0 Å². The number of benzene rings is 1. The Labute approximate surface area is 101 Å². The number of anilines is 2. The van der Waals surface area contributed by atoms with Crippen molar-refractivity contribution >= 4 is 17.2 Å². The van der Waals surface area contributed by atoms with E-state index in [2.05, 4.69) is 5.32 Å². The molecule has 1 fully saturated rings. The maximum absolute atomic E-state index is 11.2. The van der Waals surface area contributed by atoms with Gasteiger partial charge in [-0.05, 0) is 38.0 Å². The number of Topliss-reactive ketones (excluding diaryl/α,β-unsaturated/α-hetero) is 1. The van der Waals surface area contributed by atoms with Crippen molar-refractivity contribution in [1.29, 1.82) is 0 Å². The number of hydrogen-bond donors (Lipinski definition) is 3. The van der Waals surface area contributed by atoms with Crippen molar-refractivity contribution in [2.24, 2.45) is 5.41 Å². The Morgan fingerprint density at radius 3 is 2.71 bits per heavy atom. The SMILES string of the molecule is CC(=O)c1ccc(NCC2(CO)CC2)cc1N. The van der Waals surface area contributed by atoms with Gasteiger partial charge in [-0.25, -0.2) is 0 Å². The highest BCUT2D eigenvalue weighted by atomic mass is 16.3. The van der Waals surface area contributed by atoms with Gasteiger partial charge in [-0.15, -0.1) is 0 Å². The first-order chi connectivity index (χ1) is 8.06. The number of nitrogens with one attached hydrogen (secondary N) is 1. The molecule has 1 aliphatic carbocycles. The molecule has 0 aromatic heterocycles. The van der Waals surface area contributed by atoms with E-state index >= 15 is 0 Å². The molecule has 92 valence electrons. The number of carbonyl (C=O) groups excluding carboxylic acids is 1. The van der Waals surface area contributed by atoms with Gasteiger partial charge >= 0.3 is 0 Å². The van der Waals surface area contributed by atoms with Crippen LogP contribution in [0.15, 0.2) is 18.2 Å². The van der Waals surface area contributed by atoms with Crippen molar-refractivity contribution < 1.29 is 9.90 Å². The first-order valence-corrected chi connectivity index (χ1v) is 5.81. The predicted octanol–water partition coefficient (Wildman–Crippen LogP) is 1.66. The highest BCUT2D eigenvalue weighted by Crippen LogP contribution is 2.44. The predicted molar refractivity (Wildman–Crippen MR) is 68.1 cm³/mol. The van der Waals surface area contributed by atoms with Gasteiger partial charge in [0, 0.05) is 28.9 Å². The lowest BCUT2D eigenvalue weighted by Crippen LogP contribution is -2.19. The van der Waals surface area contributed by atoms with Gasteiger partial charge in [0.2, 0.25) is 0 Å². The summed E-state index contributed by atoms with van der Waals surface area (Å²) in [5.41, 5.74) is 7.81. The van der Waals surface area contributed by atoms with E-state index in [-0.39, 0.29) is 17.8 Å². The third kappa shape index (κ3) is 2.58. The number of nitrogens with two attached hydrogens (primary N) is 1. The standard InChI is InChI=1S/C13H18N2O2/c1-9(17)11-3-2-10(6-12(11)14)15-7-13(8-16)4-5-13/h2-3,6,15-16H,4-5,7-8,14H2,1H3. The molecule has 0 aliphatic heterocycles. The van der Waals surface area contributed by atoms with Crippen LogP contribution in [0.25, 0.3) is 0 Å². The van der Waals surface area contributed by atoms with Crippen LogP contribution < -0.4 is 11.1 Å². The van der Waals surface area contributed by atoms with Gasteiger partial charge < -0.3 is 16.2 Å². The van der Waals surface area contributed by atoms with Crippen LogP contribution in [0.1, 0.15) is 30.1 Å². The Kier molecular flexibility index (Phi) is 3.07. The highest BCUT2D eigenvalue weighted by molar-refractivity contribution is 5.99. The molecule has 4 nitrogen and oxygen atoms in total. The quantitative estimate of drug-likeness (QED) is 0.535. The van der Waals surface area contributed by atoms with Crippen LogP contribution in [0, 0.1) is 5.41 Å². The van der Waals surface area contributed by atoms with Gasteiger partial charge in [0.25, 0.3) is 0 Å². The number of carbonyl (C=O) groups is 1. The molecule has 0 saturated heterocycles. The van der Waals surface area contributed by atoms with E-state index in [0.717, 1.165) is 25.1 Å². The fraction of sp³-hybridized carbons (Fsp3) is 0.462. The number of nitrogen functional groups attached to an aromatic ring is 1. The molecule has 0 amide bonds. The zero-order valence-electron chi connectivity index (χ0n) is 9.99. The summed E-state index contributed by atoms with van der Waals surface area (Å²) in [6, 6.07) is 5.35. The Morgan fingerprint density at radius 1 is 1.53 bits per heavy atom. The second kappa shape index (κ2) is 4.37. The Bertz CT molecular complexity index is 439. The molecule has 17 heavy (non-hydrogen) atoms. The van der Waals surface area contributed by atoms with Crippen LogP contribution in [0.4, 0.5) is 11.4 Å². The third-order valence-corrected chi connectivity index (χ3v) is 3.39. The lowest BCUT2D eigenvalue weighted by atomic mass is 10.1. The summed E-state index contributed by atoms with van der Waals surface area (Å²) in [7, 11) is 0. The van der Waals surface area contributed by atoms with Crippen molar-refractivity contribution in [2.45, 2.75) is 19.8 Å². The van der Waals surface area contributed by atoms with Gasteiger partial charge in [0.05, 0.1) is 6.61 Å². The minimum absolute atomic E-state index is 0.0249. The summed E-state index contributed by atoms with van der Waals surface area (Å²) in [6.45, 7) is 2.48. The second-order valence-corrected chi connectivity index (χ2v) is 4.87.